The van der Waals surface area contributed by atoms with Gasteiger partial charge in [0.1, 0.15) is 17.3 Å². The zero-order valence-electron chi connectivity index (χ0n) is 22.1. The number of hydrogen-bond acceptors (Lipinski definition) is 5. The minimum atomic E-state index is -0.333. The molecule has 194 valence electrons. The standard InChI is InChI=1S/C30H35FN4O2/c1-5-7-22(20(3)6-2)23-9-10-26-24(28(23)31)16-25(29(36)34(26)4)33-27-11-8-21(17-32-27)35-14-12-30(13-15-35)18-37-19-30/h5,7-11,16-17H,6,12-15,18-19H2,1-4H3,(H,32,33)/b7-5-,22-20-. The minimum Gasteiger partial charge on any atom is -0.380 e. The molecular weight excluding hydrogens is 467 g/mol. The highest BCUT2D eigenvalue weighted by Gasteiger charge is 2.41. The maximum atomic E-state index is 15.9. The number of fused-ring (bicyclic) bond motifs is 1. The van der Waals surface area contributed by atoms with Crippen molar-refractivity contribution in [2.75, 3.05) is 36.5 Å². The maximum absolute atomic E-state index is 15.9. The van der Waals surface area contributed by atoms with Gasteiger partial charge in [0.15, 0.2) is 0 Å². The smallest absolute Gasteiger partial charge is 0.274 e. The number of hydrogen-bond donors (Lipinski definition) is 1. The number of halogens is 1. The molecule has 1 spiro atoms. The Morgan fingerprint density at radius 3 is 2.57 bits per heavy atom. The van der Waals surface area contributed by atoms with Crippen molar-refractivity contribution in [2.45, 2.75) is 40.0 Å². The SMILES string of the molecule is C/C=C\C(=C(/C)CC)c1ccc2c(cc(Nc3ccc(N4CCC5(CC4)COC5)cn3)c(=O)n2C)c1F. The zero-order chi connectivity index (χ0) is 26.2. The number of aryl methyl sites for hydroxylation is 1. The zero-order valence-corrected chi connectivity index (χ0v) is 22.1. The maximum Gasteiger partial charge on any atom is 0.274 e. The van der Waals surface area contributed by atoms with E-state index in [4.69, 9.17) is 4.74 Å². The highest BCUT2D eigenvalue weighted by molar-refractivity contribution is 5.89. The van der Waals surface area contributed by atoms with Gasteiger partial charge in [-0.1, -0.05) is 24.6 Å². The van der Waals surface area contributed by atoms with Crippen LogP contribution in [0.5, 0.6) is 0 Å². The normalized spacial score (nSPS) is 17.8. The van der Waals surface area contributed by atoms with E-state index in [1.54, 1.807) is 19.2 Å². The largest absolute Gasteiger partial charge is 0.380 e. The van der Waals surface area contributed by atoms with E-state index in [1.165, 1.54) is 4.57 Å². The predicted molar refractivity (Wildman–Crippen MR) is 149 cm³/mol. The number of ether oxygens (including phenoxy) is 1. The third-order valence-electron chi connectivity index (χ3n) is 7.97. The molecule has 37 heavy (non-hydrogen) atoms. The van der Waals surface area contributed by atoms with Crippen molar-refractivity contribution in [3.8, 4) is 0 Å². The van der Waals surface area contributed by atoms with Crippen LogP contribution in [-0.2, 0) is 11.8 Å². The number of aromatic nitrogens is 2. The Morgan fingerprint density at radius 2 is 1.97 bits per heavy atom. The minimum absolute atomic E-state index is 0.233. The summed E-state index contributed by atoms with van der Waals surface area (Å²) in [6, 6.07) is 9.08. The summed E-state index contributed by atoms with van der Waals surface area (Å²) < 4.78 is 22.8. The van der Waals surface area contributed by atoms with Gasteiger partial charge in [0.2, 0.25) is 0 Å². The Kier molecular flexibility index (Phi) is 6.90. The molecule has 3 aromatic rings. The van der Waals surface area contributed by atoms with Gasteiger partial charge in [-0.2, -0.15) is 0 Å². The fourth-order valence-electron chi connectivity index (χ4n) is 5.33. The number of allylic oxidation sites excluding steroid dienone is 4. The summed E-state index contributed by atoms with van der Waals surface area (Å²) in [6.45, 7) is 9.76. The van der Waals surface area contributed by atoms with Crippen LogP contribution in [0, 0.1) is 11.2 Å². The van der Waals surface area contributed by atoms with Crippen molar-refractivity contribution in [3.05, 3.63) is 76.0 Å². The van der Waals surface area contributed by atoms with Crippen molar-refractivity contribution in [1.82, 2.24) is 9.55 Å². The Bertz CT molecular complexity index is 1420. The molecule has 6 nitrogen and oxygen atoms in total. The van der Waals surface area contributed by atoms with Crippen LogP contribution in [0.15, 0.2) is 59.0 Å². The molecule has 0 radical (unpaired) electrons. The van der Waals surface area contributed by atoms with Gasteiger partial charge in [-0.25, -0.2) is 9.37 Å². The van der Waals surface area contributed by atoms with Crippen LogP contribution in [0.3, 0.4) is 0 Å². The fraction of sp³-hybridized carbons (Fsp3) is 0.400. The number of rotatable bonds is 6. The van der Waals surface area contributed by atoms with Gasteiger partial charge in [0.05, 0.1) is 30.6 Å². The molecule has 2 fully saturated rings. The number of anilines is 3. The summed E-state index contributed by atoms with van der Waals surface area (Å²) in [5.41, 5.74) is 4.57. The topological polar surface area (TPSA) is 59.4 Å². The van der Waals surface area contributed by atoms with Gasteiger partial charge in [-0.15, -0.1) is 0 Å². The lowest BCUT2D eigenvalue weighted by molar-refractivity contribution is -0.124. The predicted octanol–water partition coefficient (Wildman–Crippen LogP) is 6.19. The molecule has 0 bridgehead atoms. The first-order chi connectivity index (χ1) is 17.9. The molecule has 0 atom stereocenters. The van der Waals surface area contributed by atoms with Gasteiger partial charge in [-0.05, 0) is 69.0 Å². The van der Waals surface area contributed by atoms with E-state index < -0.39 is 0 Å². The molecular formula is C30H35FN4O2. The lowest BCUT2D eigenvalue weighted by Gasteiger charge is -2.47. The number of nitrogens with zero attached hydrogens (tertiary/aromatic N) is 3. The molecule has 0 aliphatic carbocycles. The molecule has 2 aromatic heterocycles. The lowest BCUT2D eigenvalue weighted by Crippen LogP contribution is -2.50. The van der Waals surface area contributed by atoms with Gasteiger partial charge >= 0.3 is 0 Å². The third-order valence-corrected chi connectivity index (χ3v) is 7.97. The van der Waals surface area contributed by atoms with E-state index in [1.807, 2.05) is 50.4 Å². The van der Waals surface area contributed by atoms with Crippen LogP contribution in [-0.4, -0.2) is 35.9 Å². The van der Waals surface area contributed by atoms with E-state index in [0.29, 0.717) is 33.4 Å². The molecule has 2 saturated heterocycles. The van der Waals surface area contributed by atoms with Crippen molar-refractivity contribution in [2.24, 2.45) is 12.5 Å². The Labute approximate surface area is 217 Å². The monoisotopic (exact) mass is 502 g/mol. The number of nitrogens with one attached hydrogen (secondary N) is 1. The highest BCUT2D eigenvalue weighted by Crippen LogP contribution is 2.39. The molecule has 0 amide bonds. The van der Waals surface area contributed by atoms with Crippen LogP contribution < -0.4 is 15.8 Å². The van der Waals surface area contributed by atoms with Crippen molar-refractivity contribution < 1.29 is 9.13 Å². The summed E-state index contributed by atoms with van der Waals surface area (Å²) >= 11 is 0. The molecule has 1 N–H and O–H groups in total. The summed E-state index contributed by atoms with van der Waals surface area (Å²) in [7, 11) is 1.67. The van der Waals surface area contributed by atoms with Gasteiger partial charge in [-0.3, -0.25) is 4.79 Å². The van der Waals surface area contributed by atoms with Gasteiger partial charge in [0, 0.05) is 36.5 Å². The number of piperidine rings is 1. The molecule has 4 heterocycles. The van der Waals surface area contributed by atoms with E-state index in [-0.39, 0.29) is 11.4 Å². The van der Waals surface area contributed by atoms with Crippen LogP contribution in [0.25, 0.3) is 16.5 Å². The number of pyridine rings is 2. The van der Waals surface area contributed by atoms with Gasteiger partial charge in [0.25, 0.3) is 5.56 Å². The molecule has 7 heteroatoms. The summed E-state index contributed by atoms with van der Waals surface area (Å²) in [5, 5.41) is 3.52. The fourth-order valence-corrected chi connectivity index (χ4v) is 5.33. The third kappa shape index (κ3) is 4.68. The van der Waals surface area contributed by atoms with E-state index in [2.05, 4.69) is 22.1 Å². The highest BCUT2D eigenvalue weighted by atomic mass is 19.1. The van der Waals surface area contributed by atoms with Crippen molar-refractivity contribution >= 4 is 33.7 Å². The number of benzene rings is 1. The first-order valence-corrected chi connectivity index (χ1v) is 13.1. The average Bonchev–Trinajstić information content (AvgIpc) is 2.90. The average molecular weight is 503 g/mol. The lowest BCUT2D eigenvalue weighted by atomic mass is 9.77. The van der Waals surface area contributed by atoms with E-state index in [0.717, 1.165) is 62.4 Å². The quantitative estimate of drug-likeness (QED) is 0.407. The Morgan fingerprint density at radius 1 is 1.22 bits per heavy atom. The summed E-state index contributed by atoms with van der Waals surface area (Å²) in [4.78, 5) is 20.0. The molecule has 0 saturated carbocycles. The Balaban J connectivity index is 1.43. The second-order valence-corrected chi connectivity index (χ2v) is 10.3. The second-order valence-electron chi connectivity index (χ2n) is 10.3. The van der Waals surface area contributed by atoms with E-state index in [9.17, 15) is 4.79 Å². The first-order valence-electron chi connectivity index (χ1n) is 13.1. The van der Waals surface area contributed by atoms with Gasteiger partial charge < -0.3 is 19.5 Å². The van der Waals surface area contributed by atoms with Crippen LogP contribution in [0.2, 0.25) is 0 Å². The van der Waals surface area contributed by atoms with Crippen LogP contribution in [0.4, 0.5) is 21.6 Å². The molecule has 2 aliphatic heterocycles. The second kappa shape index (κ2) is 10.1. The molecule has 5 rings (SSSR count). The summed E-state index contributed by atoms with van der Waals surface area (Å²) in [6.07, 6.45) is 8.80. The van der Waals surface area contributed by atoms with Crippen LogP contribution >= 0.6 is 0 Å². The molecule has 1 aromatic carbocycles. The summed E-state index contributed by atoms with van der Waals surface area (Å²) in [5.74, 6) is 0.217. The molecule has 2 aliphatic rings. The van der Waals surface area contributed by atoms with E-state index >= 15 is 4.39 Å². The van der Waals surface area contributed by atoms with Crippen molar-refractivity contribution in [3.63, 3.8) is 0 Å². The molecule has 0 unspecified atom stereocenters. The first kappa shape index (κ1) is 25.2. The Hall–Kier alpha value is -3.45. The van der Waals surface area contributed by atoms with Crippen LogP contribution in [0.1, 0.15) is 45.6 Å². The van der Waals surface area contributed by atoms with Crippen molar-refractivity contribution in [1.29, 1.82) is 0 Å².